The van der Waals surface area contributed by atoms with E-state index in [1.165, 1.54) is 18.2 Å². The van der Waals surface area contributed by atoms with E-state index in [2.05, 4.69) is 15.9 Å². The van der Waals surface area contributed by atoms with E-state index in [0.717, 1.165) is 0 Å². The van der Waals surface area contributed by atoms with E-state index in [9.17, 15) is 13.9 Å². The average Bonchev–Trinajstić information content (AvgIpc) is 2.28. The molecule has 0 heterocycles. The minimum atomic E-state index is -1.01. The molecule has 1 atom stereocenters. The number of hydrogen-bond acceptors (Lipinski definition) is 1. The van der Waals surface area contributed by atoms with Gasteiger partial charge in [0, 0.05) is 16.5 Å². The van der Waals surface area contributed by atoms with Gasteiger partial charge in [-0.2, -0.15) is 0 Å². The molecule has 4 heteroatoms. The summed E-state index contributed by atoms with van der Waals surface area (Å²) in [7, 11) is 0. The van der Waals surface area contributed by atoms with Gasteiger partial charge in [0.25, 0.3) is 0 Å². The lowest BCUT2D eigenvalue weighted by atomic mass is 10.0. The fraction of sp³-hybridized carbons (Fsp3) is 0.143. The standard InChI is InChI=1S/C14H11BrF2O/c15-11-5-2-6-12(17)14(11)13(18)8-9-3-1-4-10(16)7-9/h1-7,13,18H,8H2. The fourth-order valence-corrected chi connectivity index (χ4v) is 2.42. The summed E-state index contributed by atoms with van der Waals surface area (Å²) in [4.78, 5) is 0. The van der Waals surface area contributed by atoms with Gasteiger partial charge in [-0.3, -0.25) is 0 Å². The van der Waals surface area contributed by atoms with Gasteiger partial charge in [-0.25, -0.2) is 8.78 Å². The maximum atomic E-state index is 13.6. The number of hydrogen-bond donors (Lipinski definition) is 1. The molecule has 0 radical (unpaired) electrons. The van der Waals surface area contributed by atoms with Crippen LogP contribution in [0.3, 0.4) is 0 Å². The van der Waals surface area contributed by atoms with E-state index in [-0.39, 0.29) is 17.8 Å². The van der Waals surface area contributed by atoms with Crippen LogP contribution in [0, 0.1) is 11.6 Å². The summed E-state index contributed by atoms with van der Waals surface area (Å²) in [5, 5.41) is 10.0. The van der Waals surface area contributed by atoms with Crippen molar-refractivity contribution in [2.75, 3.05) is 0 Å². The van der Waals surface area contributed by atoms with Crippen LogP contribution >= 0.6 is 15.9 Å². The van der Waals surface area contributed by atoms with E-state index >= 15 is 0 Å². The molecule has 2 rings (SSSR count). The third kappa shape index (κ3) is 2.94. The Morgan fingerprint density at radius 2 is 1.83 bits per heavy atom. The maximum Gasteiger partial charge on any atom is 0.130 e. The van der Waals surface area contributed by atoms with Crippen LogP contribution in [0.1, 0.15) is 17.2 Å². The highest BCUT2D eigenvalue weighted by Gasteiger charge is 2.16. The third-order valence-electron chi connectivity index (χ3n) is 2.65. The first-order chi connectivity index (χ1) is 8.58. The molecular formula is C14H11BrF2O. The number of rotatable bonds is 3. The molecule has 0 aliphatic carbocycles. The molecule has 0 bridgehead atoms. The number of halogens is 3. The summed E-state index contributed by atoms with van der Waals surface area (Å²) in [6.07, 6.45) is -0.848. The summed E-state index contributed by atoms with van der Waals surface area (Å²) in [5.74, 6) is -0.847. The molecule has 2 aromatic rings. The molecule has 0 fully saturated rings. The fourth-order valence-electron chi connectivity index (χ4n) is 1.82. The quantitative estimate of drug-likeness (QED) is 0.908. The highest BCUT2D eigenvalue weighted by molar-refractivity contribution is 9.10. The van der Waals surface area contributed by atoms with Crippen LogP contribution < -0.4 is 0 Å². The predicted octanol–water partition coefficient (Wildman–Crippen LogP) is 4.00. The van der Waals surface area contributed by atoms with Crippen molar-refractivity contribution >= 4 is 15.9 Å². The molecule has 0 saturated heterocycles. The van der Waals surface area contributed by atoms with Crippen LogP contribution in [0.2, 0.25) is 0 Å². The zero-order valence-corrected chi connectivity index (χ0v) is 11.0. The van der Waals surface area contributed by atoms with Crippen LogP contribution in [0.25, 0.3) is 0 Å². The van der Waals surface area contributed by atoms with Gasteiger partial charge in [0.05, 0.1) is 6.10 Å². The Labute approximate surface area is 112 Å². The van der Waals surface area contributed by atoms with Crippen LogP contribution in [0.15, 0.2) is 46.9 Å². The molecule has 1 N–H and O–H groups in total. The van der Waals surface area contributed by atoms with Crippen molar-refractivity contribution < 1.29 is 13.9 Å². The Hall–Kier alpha value is -1.26. The van der Waals surface area contributed by atoms with Gasteiger partial charge in [-0.1, -0.05) is 34.1 Å². The van der Waals surface area contributed by atoms with E-state index in [4.69, 9.17) is 0 Å². The molecule has 2 aromatic carbocycles. The van der Waals surface area contributed by atoms with Crippen LogP contribution in [-0.4, -0.2) is 5.11 Å². The second kappa shape index (κ2) is 5.59. The normalized spacial score (nSPS) is 12.4. The van der Waals surface area contributed by atoms with Crippen molar-refractivity contribution in [2.24, 2.45) is 0 Å². The molecule has 1 nitrogen and oxygen atoms in total. The Morgan fingerprint density at radius 3 is 2.50 bits per heavy atom. The minimum Gasteiger partial charge on any atom is -0.388 e. The largest absolute Gasteiger partial charge is 0.388 e. The van der Waals surface area contributed by atoms with Gasteiger partial charge in [-0.15, -0.1) is 0 Å². The number of aliphatic hydroxyl groups excluding tert-OH is 1. The van der Waals surface area contributed by atoms with Crippen molar-refractivity contribution in [3.05, 3.63) is 69.7 Å². The van der Waals surface area contributed by atoms with Gasteiger partial charge >= 0.3 is 0 Å². The zero-order chi connectivity index (χ0) is 13.1. The van der Waals surface area contributed by atoms with E-state index < -0.39 is 11.9 Å². The summed E-state index contributed by atoms with van der Waals surface area (Å²) in [5.41, 5.74) is 0.819. The first-order valence-electron chi connectivity index (χ1n) is 5.44. The maximum absolute atomic E-state index is 13.6. The van der Waals surface area contributed by atoms with Crippen molar-refractivity contribution in [1.82, 2.24) is 0 Å². The lowest BCUT2D eigenvalue weighted by Gasteiger charge is -2.14. The van der Waals surface area contributed by atoms with E-state index in [1.54, 1.807) is 24.3 Å². The second-order valence-electron chi connectivity index (χ2n) is 3.99. The Kier molecular flexibility index (Phi) is 4.09. The number of aliphatic hydroxyl groups is 1. The number of benzene rings is 2. The highest BCUT2D eigenvalue weighted by Crippen LogP contribution is 2.28. The molecular weight excluding hydrogens is 302 g/mol. The average molecular weight is 313 g/mol. The first-order valence-corrected chi connectivity index (χ1v) is 6.23. The highest BCUT2D eigenvalue weighted by atomic mass is 79.9. The van der Waals surface area contributed by atoms with Crippen molar-refractivity contribution in [3.8, 4) is 0 Å². The molecule has 0 aliphatic rings. The third-order valence-corrected chi connectivity index (χ3v) is 3.34. The van der Waals surface area contributed by atoms with Crippen LogP contribution in [-0.2, 0) is 6.42 Å². The molecule has 94 valence electrons. The van der Waals surface area contributed by atoms with Gasteiger partial charge in [-0.05, 0) is 29.8 Å². The molecule has 0 spiro atoms. The molecule has 18 heavy (non-hydrogen) atoms. The van der Waals surface area contributed by atoms with Crippen molar-refractivity contribution in [1.29, 1.82) is 0 Å². The van der Waals surface area contributed by atoms with Gasteiger partial charge in [0.2, 0.25) is 0 Å². The van der Waals surface area contributed by atoms with E-state index in [1.807, 2.05) is 0 Å². The van der Waals surface area contributed by atoms with E-state index in [0.29, 0.717) is 10.0 Å². The van der Waals surface area contributed by atoms with Crippen LogP contribution in [0.4, 0.5) is 8.78 Å². The monoisotopic (exact) mass is 312 g/mol. The minimum absolute atomic E-state index is 0.164. The lowest BCUT2D eigenvalue weighted by Crippen LogP contribution is -2.05. The van der Waals surface area contributed by atoms with Crippen molar-refractivity contribution in [2.45, 2.75) is 12.5 Å². The summed E-state index contributed by atoms with van der Waals surface area (Å²) in [6.45, 7) is 0. The molecule has 1 unspecified atom stereocenters. The molecule has 0 amide bonds. The summed E-state index contributed by atoms with van der Waals surface area (Å²) >= 11 is 3.20. The smallest absolute Gasteiger partial charge is 0.130 e. The van der Waals surface area contributed by atoms with Crippen molar-refractivity contribution in [3.63, 3.8) is 0 Å². The Morgan fingerprint density at radius 1 is 1.11 bits per heavy atom. The topological polar surface area (TPSA) is 20.2 Å². The molecule has 0 aliphatic heterocycles. The van der Waals surface area contributed by atoms with Gasteiger partial charge in [0.15, 0.2) is 0 Å². The van der Waals surface area contributed by atoms with Crippen LogP contribution in [0.5, 0.6) is 0 Å². The van der Waals surface area contributed by atoms with Gasteiger partial charge in [0.1, 0.15) is 11.6 Å². The zero-order valence-electron chi connectivity index (χ0n) is 9.41. The Balaban J connectivity index is 2.25. The van der Waals surface area contributed by atoms with Gasteiger partial charge < -0.3 is 5.11 Å². The molecule has 0 aromatic heterocycles. The second-order valence-corrected chi connectivity index (χ2v) is 4.84. The lowest BCUT2D eigenvalue weighted by molar-refractivity contribution is 0.172. The SMILES string of the molecule is OC(Cc1cccc(F)c1)c1c(F)cccc1Br. The Bertz CT molecular complexity index is 537. The summed E-state index contributed by atoms with van der Waals surface area (Å²) in [6, 6.07) is 10.4. The predicted molar refractivity (Wildman–Crippen MR) is 69.2 cm³/mol. The first kappa shape index (κ1) is 13.2. The summed E-state index contributed by atoms with van der Waals surface area (Å²) < 4.78 is 27.1. The molecule has 0 saturated carbocycles.